The van der Waals surface area contributed by atoms with Crippen LogP contribution in [0.25, 0.3) is 10.8 Å². The molecule has 0 aliphatic carbocycles. The number of fused-ring (bicyclic) bond motifs is 1. The maximum Gasteiger partial charge on any atom is 0.271 e. The molecule has 4 nitrogen and oxygen atoms in total. The van der Waals surface area contributed by atoms with Crippen molar-refractivity contribution in [3.8, 4) is 5.75 Å². The summed E-state index contributed by atoms with van der Waals surface area (Å²) in [6.45, 7) is 2.49. The van der Waals surface area contributed by atoms with Crippen LogP contribution in [0.4, 0.5) is 0 Å². The molecule has 0 heterocycles. The van der Waals surface area contributed by atoms with Crippen molar-refractivity contribution in [3.05, 3.63) is 76.3 Å². The van der Waals surface area contributed by atoms with Gasteiger partial charge in [0.2, 0.25) is 0 Å². The molecule has 0 aliphatic rings. The molecule has 0 aromatic heterocycles. The summed E-state index contributed by atoms with van der Waals surface area (Å²) in [6, 6.07) is 19.1. The van der Waals surface area contributed by atoms with Crippen molar-refractivity contribution < 1.29 is 9.53 Å². The molecular weight excluding hydrogens is 380 g/mol. The second kappa shape index (κ2) is 7.94. The van der Waals surface area contributed by atoms with Crippen molar-refractivity contribution in [2.75, 3.05) is 6.61 Å². The highest BCUT2D eigenvalue weighted by atomic mass is 79.9. The molecule has 3 aromatic carbocycles. The third-order valence-electron chi connectivity index (χ3n) is 3.68. The Kier molecular flexibility index (Phi) is 5.46. The minimum absolute atomic E-state index is 0.268. The summed E-state index contributed by atoms with van der Waals surface area (Å²) in [5.74, 6) is 0.470. The molecule has 0 saturated heterocycles. The van der Waals surface area contributed by atoms with Gasteiger partial charge in [-0.25, -0.2) is 5.43 Å². The minimum atomic E-state index is -0.268. The zero-order valence-corrected chi connectivity index (χ0v) is 15.3. The second-order valence-corrected chi connectivity index (χ2v) is 6.26. The van der Waals surface area contributed by atoms with Crippen molar-refractivity contribution >= 4 is 38.8 Å². The normalized spacial score (nSPS) is 11.0. The Balaban J connectivity index is 1.87. The van der Waals surface area contributed by atoms with Crippen LogP contribution in [-0.2, 0) is 0 Å². The van der Waals surface area contributed by atoms with Gasteiger partial charge in [0, 0.05) is 15.6 Å². The Morgan fingerprint density at radius 1 is 1.16 bits per heavy atom. The summed E-state index contributed by atoms with van der Waals surface area (Å²) in [7, 11) is 0. The number of rotatable bonds is 5. The fourth-order valence-corrected chi connectivity index (χ4v) is 2.94. The first-order valence-corrected chi connectivity index (χ1v) is 8.72. The van der Waals surface area contributed by atoms with E-state index in [9.17, 15) is 4.79 Å². The predicted molar refractivity (Wildman–Crippen MR) is 104 cm³/mol. The van der Waals surface area contributed by atoms with Crippen molar-refractivity contribution in [2.45, 2.75) is 6.92 Å². The molecule has 1 N–H and O–H groups in total. The average molecular weight is 397 g/mol. The van der Waals surface area contributed by atoms with Crippen molar-refractivity contribution in [1.82, 2.24) is 5.43 Å². The zero-order valence-electron chi connectivity index (χ0n) is 13.7. The van der Waals surface area contributed by atoms with E-state index in [1.807, 2.05) is 49.4 Å². The zero-order chi connectivity index (χ0) is 17.6. The van der Waals surface area contributed by atoms with Gasteiger partial charge >= 0.3 is 0 Å². The molecule has 3 aromatic rings. The van der Waals surface area contributed by atoms with Gasteiger partial charge in [0.05, 0.1) is 12.8 Å². The Morgan fingerprint density at radius 3 is 2.80 bits per heavy atom. The number of hydrazone groups is 1. The van der Waals surface area contributed by atoms with Gasteiger partial charge < -0.3 is 4.74 Å². The Labute approximate surface area is 154 Å². The van der Waals surface area contributed by atoms with E-state index in [-0.39, 0.29) is 5.91 Å². The standard InChI is InChI=1S/C20H17BrN2O2/c1-2-25-19-11-10-14-6-3-4-9-17(14)18(19)13-22-23-20(24)15-7-5-8-16(21)12-15/h3-13H,2H2,1H3,(H,23,24)/b22-13-. The summed E-state index contributed by atoms with van der Waals surface area (Å²) in [4.78, 5) is 12.2. The number of nitrogens with zero attached hydrogens (tertiary/aromatic N) is 1. The fourth-order valence-electron chi connectivity index (χ4n) is 2.54. The molecule has 0 fully saturated rings. The van der Waals surface area contributed by atoms with Crippen molar-refractivity contribution in [3.63, 3.8) is 0 Å². The van der Waals surface area contributed by atoms with E-state index in [0.717, 1.165) is 26.6 Å². The smallest absolute Gasteiger partial charge is 0.271 e. The van der Waals surface area contributed by atoms with E-state index in [2.05, 4.69) is 26.5 Å². The third-order valence-corrected chi connectivity index (χ3v) is 4.17. The Bertz CT molecular complexity index is 938. The van der Waals surface area contributed by atoms with Gasteiger partial charge in [0.25, 0.3) is 5.91 Å². The molecule has 5 heteroatoms. The van der Waals surface area contributed by atoms with E-state index >= 15 is 0 Å². The SMILES string of the molecule is CCOc1ccc2ccccc2c1/C=N\NC(=O)c1cccc(Br)c1. The first kappa shape index (κ1) is 17.2. The van der Waals surface area contributed by atoms with Crippen molar-refractivity contribution in [2.24, 2.45) is 5.10 Å². The number of nitrogens with one attached hydrogen (secondary N) is 1. The number of amides is 1. The molecule has 0 radical (unpaired) electrons. The van der Waals surface area contributed by atoms with Crippen LogP contribution in [0.5, 0.6) is 5.75 Å². The highest BCUT2D eigenvalue weighted by Gasteiger charge is 2.08. The molecule has 1 amide bonds. The van der Waals surface area contributed by atoms with Crippen LogP contribution in [0, 0.1) is 0 Å². The number of carbonyl (C=O) groups excluding carboxylic acids is 1. The molecule has 0 unspecified atom stereocenters. The number of benzene rings is 3. The molecule has 0 saturated carbocycles. The van der Waals surface area contributed by atoms with Gasteiger partial charge in [-0.2, -0.15) is 5.10 Å². The van der Waals surface area contributed by atoms with Crippen LogP contribution >= 0.6 is 15.9 Å². The first-order valence-electron chi connectivity index (χ1n) is 7.92. The summed E-state index contributed by atoms with van der Waals surface area (Å²) in [5, 5.41) is 6.23. The maximum absolute atomic E-state index is 12.2. The van der Waals surface area contributed by atoms with Gasteiger partial charge in [-0.1, -0.05) is 52.3 Å². The Morgan fingerprint density at radius 2 is 2.00 bits per heavy atom. The third kappa shape index (κ3) is 4.06. The van der Waals surface area contributed by atoms with Crippen LogP contribution in [0.15, 0.2) is 70.2 Å². The van der Waals surface area contributed by atoms with Crippen LogP contribution in [0.3, 0.4) is 0 Å². The van der Waals surface area contributed by atoms with Gasteiger partial charge in [-0.15, -0.1) is 0 Å². The fraction of sp³-hybridized carbons (Fsp3) is 0.100. The van der Waals surface area contributed by atoms with Gasteiger partial charge in [0.1, 0.15) is 5.75 Å². The van der Waals surface area contributed by atoms with Crippen LogP contribution in [-0.4, -0.2) is 18.7 Å². The quantitative estimate of drug-likeness (QED) is 0.498. The number of halogens is 1. The molecular formula is C20H17BrN2O2. The molecule has 0 spiro atoms. The van der Waals surface area contributed by atoms with E-state index in [0.29, 0.717) is 12.2 Å². The van der Waals surface area contributed by atoms with Crippen LogP contribution in [0.2, 0.25) is 0 Å². The van der Waals surface area contributed by atoms with Crippen LogP contribution < -0.4 is 10.2 Å². The highest BCUT2D eigenvalue weighted by Crippen LogP contribution is 2.26. The number of carbonyl (C=O) groups is 1. The van der Waals surface area contributed by atoms with E-state index < -0.39 is 0 Å². The molecule has 0 aliphatic heterocycles. The Hall–Kier alpha value is -2.66. The molecule has 0 atom stereocenters. The van der Waals surface area contributed by atoms with Crippen molar-refractivity contribution in [1.29, 1.82) is 0 Å². The summed E-state index contributed by atoms with van der Waals surface area (Å²) >= 11 is 3.35. The topological polar surface area (TPSA) is 50.7 Å². The molecule has 3 rings (SSSR count). The predicted octanol–water partition coefficient (Wildman–Crippen LogP) is 4.76. The molecule has 25 heavy (non-hydrogen) atoms. The molecule has 0 bridgehead atoms. The maximum atomic E-state index is 12.2. The largest absolute Gasteiger partial charge is 0.493 e. The first-order chi connectivity index (χ1) is 12.2. The second-order valence-electron chi connectivity index (χ2n) is 5.34. The van der Waals surface area contributed by atoms with Gasteiger partial charge in [0.15, 0.2) is 0 Å². The van der Waals surface area contributed by atoms with Gasteiger partial charge in [-0.3, -0.25) is 4.79 Å². The van der Waals surface area contributed by atoms with E-state index in [4.69, 9.17) is 4.74 Å². The average Bonchev–Trinajstić information content (AvgIpc) is 2.63. The monoisotopic (exact) mass is 396 g/mol. The number of ether oxygens (including phenoxy) is 1. The minimum Gasteiger partial charge on any atom is -0.493 e. The van der Waals surface area contributed by atoms with E-state index in [1.165, 1.54) is 0 Å². The van der Waals surface area contributed by atoms with Crippen LogP contribution in [0.1, 0.15) is 22.8 Å². The van der Waals surface area contributed by atoms with E-state index in [1.54, 1.807) is 24.4 Å². The lowest BCUT2D eigenvalue weighted by Crippen LogP contribution is -2.17. The number of hydrogen-bond acceptors (Lipinski definition) is 3. The summed E-state index contributed by atoms with van der Waals surface area (Å²) < 4.78 is 6.54. The lowest BCUT2D eigenvalue weighted by atomic mass is 10.0. The van der Waals surface area contributed by atoms with Gasteiger partial charge in [-0.05, 0) is 42.0 Å². The lowest BCUT2D eigenvalue weighted by Gasteiger charge is -2.10. The highest BCUT2D eigenvalue weighted by molar-refractivity contribution is 9.10. The number of hydrogen-bond donors (Lipinski definition) is 1. The summed E-state index contributed by atoms with van der Waals surface area (Å²) in [5.41, 5.74) is 3.94. The lowest BCUT2D eigenvalue weighted by molar-refractivity contribution is 0.0955. The summed E-state index contributed by atoms with van der Waals surface area (Å²) in [6.07, 6.45) is 1.63. The molecule has 126 valence electrons.